The van der Waals surface area contributed by atoms with Gasteiger partial charge in [-0.1, -0.05) is 18.2 Å². The van der Waals surface area contributed by atoms with Gasteiger partial charge in [0, 0.05) is 25.2 Å². The molecule has 0 spiro atoms. The van der Waals surface area contributed by atoms with Gasteiger partial charge in [0.1, 0.15) is 5.75 Å². The highest BCUT2D eigenvalue weighted by Crippen LogP contribution is 2.17. The fraction of sp³-hybridized carbons (Fsp3) is 0.611. The van der Waals surface area contributed by atoms with Crippen molar-refractivity contribution in [3.63, 3.8) is 0 Å². The number of para-hydroxylation sites is 1. The SMILES string of the molecule is CCNC(=NCCNC(C)(C)C)NCCc1ccccc1OC.I. The van der Waals surface area contributed by atoms with Crippen LogP contribution in [-0.4, -0.2) is 44.8 Å². The van der Waals surface area contributed by atoms with Gasteiger partial charge in [-0.2, -0.15) is 0 Å². The van der Waals surface area contributed by atoms with Crippen molar-refractivity contribution in [1.82, 2.24) is 16.0 Å². The Morgan fingerprint density at radius 3 is 2.46 bits per heavy atom. The zero-order valence-electron chi connectivity index (χ0n) is 15.6. The lowest BCUT2D eigenvalue weighted by atomic mass is 10.1. The predicted octanol–water partition coefficient (Wildman–Crippen LogP) is 2.80. The van der Waals surface area contributed by atoms with E-state index in [2.05, 4.69) is 54.7 Å². The number of rotatable bonds is 8. The van der Waals surface area contributed by atoms with Gasteiger partial charge in [0.25, 0.3) is 0 Å². The van der Waals surface area contributed by atoms with Crippen molar-refractivity contribution in [2.24, 2.45) is 4.99 Å². The molecule has 0 aliphatic carbocycles. The first-order chi connectivity index (χ1) is 11.0. The van der Waals surface area contributed by atoms with Gasteiger partial charge >= 0.3 is 0 Å². The molecule has 0 saturated carbocycles. The number of hydrogen-bond acceptors (Lipinski definition) is 3. The largest absolute Gasteiger partial charge is 0.496 e. The fourth-order valence-electron chi connectivity index (χ4n) is 2.17. The van der Waals surface area contributed by atoms with Crippen LogP contribution in [0.3, 0.4) is 0 Å². The molecule has 0 amide bonds. The van der Waals surface area contributed by atoms with Crippen molar-refractivity contribution in [3.05, 3.63) is 29.8 Å². The van der Waals surface area contributed by atoms with E-state index in [1.165, 1.54) is 5.56 Å². The van der Waals surface area contributed by atoms with Gasteiger partial charge in [0.2, 0.25) is 0 Å². The minimum absolute atomic E-state index is 0. The maximum atomic E-state index is 5.38. The molecule has 0 atom stereocenters. The highest BCUT2D eigenvalue weighted by molar-refractivity contribution is 14.0. The van der Waals surface area contributed by atoms with Crippen LogP contribution in [0.1, 0.15) is 33.3 Å². The third-order valence-electron chi connectivity index (χ3n) is 3.26. The Bertz CT molecular complexity index is 486. The molecule has 6 heteroatoms. The average Bonchev–Trinajstić information content (AvgIpc) is 2.51. The number of guanidine groups is 1. The van der Waals surface area contributed by atoms with Crippen LogP contribution in [0.4, 0.5) is 0 Å². The average molecular weight is 448 g/mol. The summed E-state index contributed by atoms with van der Waals surface area (Å²) in [6, 6.07) is 8.11. The number of halogens is 1. The molecule has 0 radical (unpaired) electrons. The van der Waals surface area contributed by atoms with Crippen molar-refractivity contribution in [1.29, 1.82) is 0 Å². The van der Waals surface area contributed by atoms with Gasteiger partial charge in [-0.15, -0.1) is 24.0 Å². The van der Waals surface area contributed by atoms with Gasteiger partial charge < -0.3 is 20.7 Å². The van der Waals surface area contributed by atoms with E-state index in [9.17, 15) is 0 Å². The molecule has 5 nitrogen and oxygen atoms in total. The number of hydrogen-bond donors (Lipinski definition) is 3. The monoisotopic (exact) mass is 448 g/mol. The van der Waals surface area contributed by atoms with Crippen LogP contribution >= 0.6 is 24.0 Å². The molecule has 0 aliphatic rings. The second-order valence-corrected chi connectivity index (χ2v) is 6.43. The molecule has 0 saturated heterocycles. The highest BCUT2D eigenvalue weighted by Gasteiger charge is 2.07. The summed E-state index contributed by atoms with van der Waals surface area (Å²) in [4.78, 5) is 4.59. The smallest absolute Gasteiger partial charge is 0.191 e. The fourth-order valence-corrected chi connectivity index (χ4v) is 2.17. The lowest BCUT2D eigenvalue weighted by Gasteiger charge is -2.20. The minimum atomic E-state index is 0. The summed E-state index contributed by atoms with van der Waals surface area (Å²) < 4.78 is 5.38. The molecule has 1 aromatic rings. The molecule has 1 rings (SSSR count). The molecule has 0 bridgehead atoms. The van der Waals surface area contributed by atoms with E-state index < -0.39 is 0 Å². The van der Waals surface area contributed by atoms with Crippen LogP contribution in [-0.2, 0) is 6.42 Å². The number of aliphatic imine (C=N–C) groups is 1. The summed E-state index contributed by atoms with van der Waals surface area (Å²) in [5.74, 6) is 1.80. The second-order valence-electron chi connectivity index (χ2n) is 6.43. The minimum Gasteiger partial charge on any atom is -0.496 e. The Morgan fingerprint density at radius 2 is 1.83 bits per heavy atom. The first-order valence-electron chi connectivity index (χ1n) is 8.35. The summed E-state index contributed by atoms with van der Waals surface area (Å²) >= 11 is 0. The van der Waals surface area contributed by atoms with Gasteiger partial charge in [0.15, 0.2) is 5.96 Å². The van der Waals surface area contributed by atoms with Crippen LogP contribution < -0.4 is 20.7 Å². The van der Waals surface area contributed by atoms with E-state index in [1.54, 1.807) is 7.11 Å². The van der Waals surface area contributed by atoms with Crippen LogP contribution in [0, 0.1) is 0 Å². The number of nitrogens with zero attached hydrogens (tertiary/aromatic N) is 1. The molecular formula is C18H33IN4O. The lowest BCUT2D eigenvalue weighted by molar-refractivity contribution is 0.409. The van der Waals surface area contributed by atoms with Crippen LogP contribution in [0.5, 0.6) is 5.75 Å². The molecule has 24 heavy (non-hydrogen) atoms. The molecule has 0 fully saturated rings. The number of benzene rings is 1. The molecule has 0 heterocycles. The molecule has 3 N–H and O–H groups in total. The first kappa shape index (κ1) is 23.0. The Labute approximate surface area is 164 Å². The maximum Gasteiger partial charge on any atom is 0.191 e. The van der Waals surface area contributed by atoms with Gasteiger partial charge in [-0.05, 0) is 45.7 Å². The third-order valence-corrected chi connectivity index (χ3v) is 3.26. The topological polar surface area (TPSA) is 57.7 Å². The summed E-state index contributed by atoms with van der Waals surface area (Å²) in [6.07, 6.45) is 0.897. The van der Waals surface area contributed by atoms with Crippen molar-refractivity contribution in [3.8, 4) is 5.75 Å². The highest BCUT2D eigenvalue weighted by atomic mass is 127. The predicted molar refractivity (Wildman–Crippen MR) is 114 cm³/mol. The number of ether oxygens (including phenoxy) is 1. The van der Waals surface area contributed by atoms with E-state index in [0.717, 1.165) is 44.3 Å². The Balaban J connectivity index is 0.00000529. The van der Waals surface area contributed by atoms with Crippen LogP contribution in [0.25, 0.3) is 0 Å². The Kier molecular flexibility index (Phi) is 11.8. The molecule has 1 aromatic carbocycles. The van der Waals surface area contributed by atoms with Gasteiger partial charge in [-0.3, -0.25) is 4.99 Å². The Morgan fingerprint density at radius 1 is 1.12 bits per heavy atom. The van der Waals surface area contributed by atoms with Gasteiger partial charge in [-0.25, -0.2) is 0 Å². The number of methoxy groups -OCH3 is 1. The van der Waals surface area contributed by atoms with E-state index in [4.69, 9.17) is 4.74 Å². The van der Waals surface area contributed by atoms with Crippen LogP contribution in [0.2, 0.25) is 0 Å². The van der Waals surface area contributed by atoms with Crippen molar-refractivity contribution < 1.29 is 4.74 Å². The summed E-state index contributed by atoms with van der Waals surface area (Å²) in [5, 5.41) is 10.1. The normalized spacial score (nSPS) is 11.6. The molecule has 138 valence electrons. The quantitative estimate of drug-likeness (QED) is 0.248. The summed E-state index contributed by atoms with van der Waals surface area (Å²) in [7, 11) is 1.71. The summed E-state index contributed by atoms with van der Waals surface area (Å²) in [6.45, 7) is 11.8. The van der Waals surface area contributed by atoms with E-state index in [-0.39, 0.29) is 29.5 Å². The molecule has 0 aromatic heterocycles. The molecular weight excluding hydrogens is 415 g/mol. The van der Waals surface area contributed by atoms with Crippen molar-refractivity contribution in [2.45, 2.75) is 39.7 Å². The standard InChI is InChI=1S/C18H32N4O.HI/c1-6-19-17(21-13-14-22-18(2,3)4)20-12-11-15-9-7-8-10-16(15)23-5;/h7-10,22H,6,11-14H2,1-5H3,(H2,19,20,21);1H. The second kappa shape index (κ2) is 12.4. The number of nitrogens with one attached hydrogen (secondary N) is 3. The third kappa shape index (κ3) is 9.97. The van der Waals surface area contributed by atoms with Crippen LogP contribution in [0.15, 0.2) is 29.3 Å². The van der Waals surface area contributed by atoms with Gasteiger partial charge in [0.05, 0.1) is 13.7 Å². The molecule has 0 unspecified atom stereocenters. The maximum absolute atomic E-state index is 5.38. The lowest BCUT2D eigenvalue weighted by Crippen LogP contribution is -2.40. The van der Waals surface area contributed by atoms with E-state index in [0.29, 0.717) is 0 Å². The zero-order chi connectivity index (χ0) is 17.1. The van der Waals surface area contributed by atoms with Crippen molar-refractivity contribution in [2.75, 3.05) is 33.3 Å². The zero-order valence-corrected chi connectivity index (χ0v) is 17.9. The van der Waals surface area contributed by atoms with E-state index in [1.807, 2.05) is 18.2 Å². The summed E-state index contributed by atoms with van der Waals surface area (Å²) in [5.41, 5.74) is 1.33. The Hall–Kier alpha value is -1.02. The van der Waals surface area contributed by atoms with Crippen molar-refractivity contribution >= 4 is 29.9 Å². The first-order valence-corrected chi connectivity index (χ1v) is 8.35. The molecule has 0 aliphatic heterocycles. The van der Waals surface area contributed by atoms with E-state index >= 15 is 0 Å².